The van der Waals surface area contributed by atoms with Crippen LogP contribution in [0.4, 0.5) is 4.79 Å². The molecule has 32 heavy (non-hydrogen) atoms. The van der Waals surface area contributed by atoms with Gasteiger partial charge in [-0.05, 0) is 52.0 Å². The molecule has 9 nitrogen and oxygen atoms in total. The lowest BCUT2D eigenvalue weighted by Gasteiger charge is -2.32. The Morgan fingerprint density at radius 1 is 1.19 bits per heavy atom. The summed E-state index contributed by atoms with van der Waals surface area (Å²) in [6.07, 6.45) is 2.81. The number of rotatable bonds is 8. The summed E-state index contributed by atoms with van der Waals surface area (Å²) in [6.45, 7) is 4.93. The van der Waals surface area contributed by atoms with Crippen LogP contribution >= 0.6 is 0 Å². The normalized spacial score (nSPS) is 19.7. The van der Waals surface area contributed by atoms with E-state index in [4.69, 9.17) is 0 Å². The number of carbonyl (C=O) groups is 4. The number of nitrogens with one attached hydrogen (secondary N) is 1. The Morgan fingerprint density at radius 3 is 2.25 bits per heavy atom. The number of imide groups is 1. The lowest BCUT2D eigenvalue weighted by atomic mass is 9.94. The summed E-state index contributed by atoms with van der Waals surface area (Å²) in [6, 6.07) is 6.42. The molecule has 1 aliphatic carbocycles. The van der Waals surface area contributed by atoms with Gasteiger partial charge in [-0.25, -0.2) is 10.3 Å². The second kappa shape index (κ2) is 8.54. The molecule has 1 aliphatic heterocycles. The molecule has 1 aromatic carbocycles. The monoisotopic (exact) mass is 444 g/mol. The molecule has 1 aromatic rings. The van der Waals surface area contributed by atoms with E-state index in [0.717, 1.165) is 16.9 Å². The smallest absolute Gasteiger partial charge is 0.327 e. The standard InChI is InChI=1S/C23H32N4O5/c1-15-6-8-16(9-7-15)10-11-23(12-13-23)20(30)25(4)17(18(28)24-32)14-27-19(29)22(2,3)26(5)21(27)31/h6-9,17,32H,10-14H2,1-5H3,(H,24,28)/t17-/m1/s1. The van der Waals surface area contributed by atoms with Gasteiger partial charge in [0.25, 0.3) is 11.8 Å². The topological polar surface area (TPSA) is 110 Å². The predicted molar refractivity (Wildman–Crippen MR) is 117 cm³/mol. The van der Waals surface area contributed by atoms with E-state index < -0.39 is 34.8 Å². The van der Waals surface area contributed by atoms with Gasteiger partial charge in [0.1, 0.15) is 11.6 Å². The van der Waals surface area contributed by atoms with Gasteiger partial charge in [-0.1, -0.05) is 29.8 Å². The first-order valence-corrected chi connectivity index (χ1v) is 10.8. The van der Waals surface area contributed by atoms with Crippen LogP contribution in [0.5, 0.6) is 0 Å². The molecule has 2 fully saturated rings. The number of carbonyl (C=O) groups excluding carboxylic acids is 4. The molecular weight excluding hydrogens is 412 g/mol. The lowest BCUT2D eigenvalue weighted by molar-refractivity contribution is -0.148. The molecule has 1 saturated heterocycles. The second-order valence-electron chi connectivity index (χ2n) is 9.49. The Labute approximate surface area is 188 Å². The van der Waals surface area contributed by atoms with Crippen molar-refractivity contribution in [3.8, 4) is 0 Å². The molecule has 3 rings (SSSR count). The first-order chi connectivity index (χ1) is 14.9. The third-order valence-corrected chi connectivity index (χ3v) is 7.00. The van der Waals surface area contributed by atoms with E-state index >= 15 is 0 Å². The van der Waals surface area contributed by atoms with Gasteiger partial charge in [0.05, 0.1) is 6.54 Å². The molecule has 5 amide bonds. The zero-order valence-electron chi connectivity index (χ0n) is 19.3. The van der Waals surface area contributed by atoms with Crippen molar-refractivity contribution in [2.75, 3.05) is 20.6 Å². The summed E-state index contributed by atoms with van der Waals surface area (Å²) in [7, 11) is 2.99. The van der Waals surface area contributed by atoms with Gasteiger partial charge in [0.2, 0.25) is 5.91 Å². The number of amides is 5. The zero-order valence-corrected chi connectivity index (χ0v) is 19.3. The maximum absolute atomic E-state index is 13.4. The molecule has 0 bridgehead atoms. The van der Waals surface area contributed by atoms with Gasteiger partial charge in [-0.3, -0.25) is 24.5 Å². The van der Waals surface area contributed by atoms with Gasteiger partial charge in [0.15, 0.2) is 0 Å². The number of urea groups is 1. The van der Waals surface area contributed by atoms with Crippen LogP contribution in [0.15, 0.2) is 24.3 Å². The van der Waals surface area contributed by atoms with Gasteiger partial charge >= 0.3 is 6.03 Å². The van der Waals surface area contributed by atoms with Crippen molar-refractivity contribution >= 4 is 23.8 Å². The van der Waals surface area contributed by atoms with Crippen LogP contribution in [-0.2, 0) is 20.8 Å². The van der Waals surface area contributed by atoms with Crippen LogP contribution in [0.2, 0.25) is 0 Å². The second-order valence-corrected chi connectivity index (χ2v) is 9.49. The number of aryl methyl sites for hydroxylation is 2. The molecule has 1 atom stereocenters. The van der Waals surface area contributed by atoms with E-state index in [-0.39, 0.29) is 12.5 Å². The maximum Gasteiger partial charge on any atom is 0.327 e. The number of benzene rings is 1. The van der Waals surface area contributed by atoms with Crippen LogP contribution in [0.25, 0.3) is 0 Å². The Hall–Kier alpha value is -2.94. The third-order valence-electron chi connectivity index (χ3n) is 7.00. The van der Waals surface area contributed by atoms with Crippen LogP contribution in [0.1, 0.15) is 44.2 Å². The minimum absolute atomic E-state index is 0.218. The fraction of sp³-hybridized carbons (Fsp3) is 0.565. The number of likely N-dealkylation sites (N-methyl/N-ethyl adjacent to an activating group) is 2. The molecule has 1 heterocycles. The first kappa shape index (κ1) is 23.7. The molecule has 2 aliphatic rings. The van der Waals surface area contributed by atoms with Gasteiger partial charge < -0.3 is 9.80 Å². The third kappa shape index (κ3) is 4.21. The van der Waals surface area contributed by atoms with Crippen LogP contribution in [0.3, 0.4) is 0 Å². The number of hydrogen-bond donors (Lipinski definition) is 2. The van der Waals surface area contributed by atoms with Crippen LogP contribution in [0, 0.1) is 12.3 Å². The SMILES string of the molecule is Cc1ccc(CCC2(C(=O)N(C)[C@H](CN3C(=O)N(C)C(C)(C)C3=O)C(=O)NO)CC2)cc1. The number of hydrogen-bond acceptors (Lipinski definition) is 5. The van der Waals surface area contributed by atoms with Crippen molar-refractivity contribution < 1.29 is 24.4 Å². The minimum Gasteiger partial charge on any atom is -0.331 e. The number of hydroxylamine groups is 1. The van der Waals surface area contributed by atoms with Gasteiger partial charge in [0, 0.05) is 19.5 Å². The molecule has 9 heteroatoms. The maximum atomic E-state index is 13.4. The average Bonchev–Trinajstić information content (AvgIpc) is 3.55. The van der Waals surface area contributed by atoms with E-state index in [0.29, 0.717) is 19.3 Å². The average molecular weight is 445 g/mol. The summed E-state index contributed by atoms with van der Waals surface area (Å²) >= 11 is 0. The molecule has 0 radical (unpaired) electrons. The molecule has 0 spiro atoms. The van der Waals surface area contributed by atoms with Crippen LogP contribution in [-0.4, -0.2) is 75.9 Å². The van der Waals surface area contributed by atoms with Crippen molar-refractivity contribution in [1.82, 2.24) is 20.2 Å². The van der Waals surface area contributed by atoms with Gasteiger partial charge in [-0.15, -0.1) is 0 Å². The molecule has 1 saturated carbocycles. The fourth-order valence-corrected chi connectivity index (χ4v) is 4.15. The lowest BCUT2D eigenvalue weighted by Crippen LogP contribution is -2.55. The highest BCUT2D eigenvalue weighted by Crippen LogP contribution is 2.51. The van der Waals surface area contributed by atoms with E-state index in [1.165, 1.54) is 29.5 Å². The highest BCUT2D eigenvalue weighted by atomic mass is 16.5. The zero-order chi connectivity index (χ0) is 23.8. The van der Waals surface area contributed by atoms with Gasteiger partial charge in [-0.2, -0.15) is 0 Å². The highest BCUT2D eigenvalue weighted by molar-refractivity contribution is 6.07. The van der Waals surface area contributed by atoms with E-state index in [1.807, 2.05) is 31.2 Å². The summed E-state index contributed by atoms with van der Waals surface area (Å²) < 4.78 is 0. The first-order valence-electron chi connectivity index (χ1n) is 10.8. The highest BCUT2D eigenvalue weighted by Gasteiger charge is 2.54. The Morgan fingerprint density at radius 2 is 1.78 bits per heavy atom. The molecule has 0 unspecified atom stereocenters. The summed E-state index contributed by atoms with van der Waals surface area (Å²) in [4.78, 5) is 54.7. The molecule has 2 N–H and O–H groups in total. The fourth-order valence-electron chi connectivity index (χ4n) is 4.15. The van der Waals surface area contributed by atoms with Crippen molar-refractivity contribution in [3.05, 3.63) is 35.4 Å². The van der Waals surface area contributed by atoms with Crippen molar-refractivity contribution in [2.45, 2.75) is 58.0 Å². The Kier molecular flexibility index (Phi) is 6.33. The van der Waals surface area contributed by atoms with Crippen molar-refractivity contribution in [1.29, 1.82) is 0 Å². The predicted octanol–water partition coefficient (Wildman–Crippen LogP) is 1.71. The Balaban J connectivity index is 1.74. The summed E-state index contributed by atoms with van der Waals surface area (Å²) in [5.41, 5.74) is 2.27. The Bertz CT molecular complexity index is 923. The largest absolute Gasteiger partial charge is 0.331 e. The van der Waals surface area contributed by atoms with E-state index in [1.54, 1.807) is 19.3 Å². The van der Waals surface area contributed by atoms with E-state index in [9.17, 15) is 24.4 Å². The van der Waals surface area contributed by atoms with Crippen molar-refractivity contribution in [3.63, 3.8) is 0 Å². The molecule has 174 valence electrons. The molecule has 0 aromatic heterocycles. The molecular formula is C23H32N4O5. The minimum atomic E-state index is -1.19. The van der Waals surface area contributed by atoms with Crippen LogP contribution < -0.4 is 5.48 Å². The quantitative estimate of drug-likeness (QED) is 0.360. The summed E-state index contributed by atoms with van der Waals surface area (Å²) in [5.74, 6) is -1.52. The van der Waals surface area contributed by atoms with E-state index in [2.05, 4.69) is 0 Å². The van der Waals surface area contributed by atoms with Crippen molar-refractivity contribution in [2.24, 2.45) is 5.41 Å². The summed E-state index contributed by atoms with van der Waals surface area (Å²) in [5, 5.41) is 9.25. The number of nitrogens with zero attached hydrogens (tertiary/aromatic N) is 3.